The summed E-state index contributed by atoms with van der Waals surface area (Å²) in [5, 5.41) is 4.01. The van der Waals surface area contributed by atoms with Crippen LogP contribution in [0.1, 0.15) is 66.2 Å². The lowest BCUT2D eigenvalue weighted by Crippen LogP contribution is -2.49. The van der Waals surface area contributed by atoms with Crippen LogP contribution in [0.3, 0.4) is 0 Å². The smallest absolute Gasteiger partial charge is 0.0121 e. The molecule has 1 nitrogen and oxygen atoms in total. The maximum absolute atomic E-state index is 4.01. The summed E-state index contributed by atoms with van der Waals surface area (Å²) in [5.74, 6) is 3.62. The van der Waals surface area contributed by atoms with Crippen LogP contribution in [-0.2, 0) is 0 Å². The van der Waals surface area contributed by atoms with Gasteiger partial charge in [-0.15, -0.1) is 0 Å². The van der Waals surface area contributed by atoms with Gasteiger partial charge in [0.25, 0.3) is 0 Å². The molecule has 0 heterocycles. The minimum absolute atomic E-state index is 0.786. The zero-order valence-electron chi connectivity index (χ0n) is 12.2. The molecule has 2 rings (SSSR count). The Morgan fingerprint density at radius 1 is 0.706 bits per heavy atom. The predicted molar refractivity (Wildman–Crippen MR) is 75.1 cm³/mol. The fraction of sp³-hybridized carbons (Fsp3) is 1.00. The predicted octanol–water partition coefficient (Wildman–Crippen LogP) is 4.23. The summed E-state index contributed by atoms with van der Waals surface area (Å²) in [6.07, 6.45) is 8.53. The van der Waals surface area contributed by atoms with Crippen molar-refractivity contribution in [2.24, 2.45) is 23.7 Å². The molecule has 5 atom stereocenters. The van der Waals surface area contributed by atoms with Crippen LogP contribution in [0.2, 0.25) is 0 Å². The van der Waals surface area contributed by atoms with E-state index in [0.29, 0.717) is 0 Å². The Morgan fingerprint density at radius 3 is 1.94 bits per heavy atom. The largest absolute Gasteiger partial charge is 0.311 e. The van der Waals surface area contributed by atoms with Crippen molar-refractivity contribution in [1.29, 1.82) is 0 Å². The number of rotatable bonds is 2. The van der Waals surface area contributed by atoms with Crippen molar-refractivity contribution < 1.29 is 0 Å². The van der Waals surface area contributed by atoms with Crippen LogP contribution in [-0.4, -0.2) is 12.1 Å². The van der Waals surface area contributed by atoms with Crippen molar-refractivity contribution in [3.05, 3.63) is 0 Å². The standard InChI is InChI=1S/C16H31N/c1-11-8-9-15(10-14(11)4)17-16-12(2)6-5-7-13(16)3/h11-17H,5-10H2,1-4H3. The molecular weight excluding hydrogens is 206 g/mol. The quantitative estimate of drug-likeness (QED) is 0.758. The van der Waals surface area contributed by atoms with Gasteiger partial charge < -0.3 is 5.32 Å². The molecule has 0 aliphatic heterocycles. The Kier molecular flexibility index (Phi) is 4.52. The monoisotopic (exact) mass is 237 g/mol. The highest BCUT2D eigenvalue weighted by atomic mass is 15.0. The molecule has 0 aromatic heterocycles. The van der Waals surface area contributed by atoms with Gasteiger partial charge in [-0.3, -0.25) is 0 Å². The van der Waals surface area contributed by atoms with E-state index >= 15 is 0 Å². The van der Waals surface area contributed by atoms with Gasteiger partial charge in [0, 0.05) is 12.1 Å². The third-order valence-corrected chi connectivity index (χ3v) is 5.57. The summed E-state index contributed by atoms with van der Waals surface area (Å²) in [7, 11) is 0. The average Bonchev–Trinajstić information content (AvgIpc) is 2.28. The molecule has 2 aliphatic carbocycles. The fourth-order valence-electron chi connectivity index (χ4n) is 3.98. The molecule has 0 aromatic rings. The van der Waals surface area contributed by atoms with Crippen LogP contribution in [0.15, 0.2) is 0 Å². The molecule has 2 aliphatic rings. The van der Waals surface area contributed by atoms with Gasteiger partial charge in [-0.05, 0) is 55.8 Å². The maximum atomic E-state index is 4.01. The Labute approximate surface area is 108 Å². The molecule has 0 aromatic carbocycles. The SMILES string of the molecule is CC1CCC(NC2C(C)CCCC2C)CC1C. The third-order valence-electron chi connectivity index (χ3n) is 5.57. The third kappa shape index (κ3) is 3.24. The van der Waals surface area contributed by atoms with E-state index in [0.717, 1.165) is 35.8 Å². The van der Waals surface area contributed by atoms with E-state index in [9.17, 15) is 0 Å². The summed E-state index contributed by atoms with van der Waals surface area (Å²) in [6.45, 7) is 9.75. The topological polar surface area (TPSA) is 12.0 Å². The molecule has 2 saturated carbocycles. The fourth-order valence-corrected chi connectivity index (χ4v) is 3.98. The van der Waals surface area contributed by atoms with E-state index < -0.39 is 0 Å². The lowest BCUT2D eigenvalue weighted by atomic mass is 9.75. The minimum atomic E-state index is 0.786. The van der Waals surface area contributed by atoms with E-state index in [1.165, 1.54) is 38.5 Å². The van der Waals surface area contributed by atoms with Crippen LogP contribution in [0.4, 0.5) is 0 Å². The van der Waals surface area contributed by atoms with Gasteiger partial charge in [0.1, 0.15) is 0 Å². The molecule has 17 heavy (non-hydrogen) atoms. The number of hydrogen-bond acceptors (Lipinski definition) is 1. The molecule has 2 fully saturated rings. The van der Waals surface area contributed by atoms with Gasteiger partial charge >= 0.3 is 0 Å². The molecule has 0 bridgehead atoms. The molecule has 0 amide bonds. The van der Waals surface area contributed by atoms with Gasteiger partial charge in [0.2, 0.25) is 0 Å². The maximum Gasteiger partial charge on any atom is 0.0121 e. The zero-order chi connectivity index (χ0) is 12.4. The molecule has 0 spiro atoms. The number of nitrogens with one attached hydrogen (secondary N) is 1. The average molecular weight is 237 g/mol. The summed E-state index contributed by atoms with van der Waals surface area (Å²) in [6, 6.07) is 1.59. The van der Waals surface area contributed by atoms with Crippen molar-refractivity contribution in [3.8, 4) is 0 Å². The van der Waals surface area contributed by atoms with E-state index in [2.05, 4.69) is 33.0 Å². The summed E-state index contributed by atoms with van der Waals surface area (Å²) in [5.41, 5.74) is 0. The number of hydrogen-bond donors (Lipinski definition) is 1. The highest BCUT2D eigenvalue weighted by Crippen LogP contribution is 2.33. The first kappa shape index (κ1) is 13.4. The minimum Gasteiger partial charge on any atom is -0.311 e. The van der Waals surface area contributed by atoms with E-state index in [1.54, 1.807) is 0 Å². The van der Waals surface area contributed by atoms with Crippen molar-refractivity contribution in [2.45, 2.75) is 78.3 Å². The Bertz CT molecular complexity index is 228. The van der Waals surface area contributed by atoms with Gasteiger partial charge in [-0.2, -0.15) is 0 Å². The normalized spacial score (nSPS) is 48.0. The lowest BCUT2D eigenvalue weighted by molar-refractivity contribution is 0.152. The first-order valence-corrected chi connectivity index (χ1v) is 7.84. The first-order chi connectivity index (χ1) is 8.08. The van der Waals surface area contributed by atoms with Crippen molar-refractivity contribution >= 4 is 0 Å². The van der Waals surface area contributed by atoms with Crippen LogP contribution < -0.4 is 5.32 Å². The van der Waals surface area contributed by atoms with Crippen molar-refractivity contribution in [2.75, 3.05) is 0 Å². The highest BCUT2D eigenvalue weighted by Gasteiger charge is 2.31. The van der Waals surface area contributed by atoms with Gasteiger partial charge in [-0.1, -0.05) is 34.1 Å². The molecule has 0 saturated heterocycles. The van der Waals surface area contributed by atoms with Crippen LogP contribution in [0.25, 0.3) is 0 Å². The van der Waals surface area contributed by atoms with E-state index in [-0.39, 0.29) is 0 Å². The lowest BCUT2D eigenvalue weighted by Gasteiger charge is -2.41. The molecule has 1 N–H and O–H groups in total. The Balaban J connectivity index is 1.87. The zero-order valence-corrected chi connectivity index (χ0v) is 12.2. The van der Waals surface area contributed by atoms with Gasteiger partial charge in [0.05, 0.1) is 0 Å². The second kappa shape index (κ2) is 5.73. The molecule has 1 heteroatoms. The highest BCUT2D eigenvalue weighted by molar-refractivity contribution is 4.88. The van der Waals surface area contributed by atoms with Crippen LogP contribution in [0, 0.1) is 23.7 Å². The van der Waals surface area contributed by atoms with Gasteiger partial charge in [-0.25, -0.2) is 0 Å². The van der Waals surface area contributed by atoms with Crippen molar-refractivity contribution in [3.63, 3.8) is 0 Å². The van der Waals surface area contributed by atoms with E-state index in [1.807, 2.05) is 0 Å². The van der Waals surface area contributed by atoms with Crippen molar-refractivity contribution in [1.82, 2.24) is 5.32 Å². The second-order valence-electron chi connectivity index (χ2n) is 7.04. The first-order valence-electron chi connectivity index (χ1n) is 7.84. The van der Waals surface area contributed by atoms with Crippen LogP contribution in [0.5, 0.6) is 0 Å². The van der Waals surface area contributed by atoms with Gasteiger partial charge in [0.15, 0.2) is 0 Å². The van der Waals surface area contributed by atoms with E-state index in [4.69, 9.17) is 0 Å². The summed E-state index contributed by atoms with van der Waals surface area (Å²) >= 11 is 0. The van der Waals surface area contributed by atoms with Crippen LogP contribution >= 0.6 is 0 Å². The molecule has 0 radical (unpaired) electrons. The Morgan fingerprint density at radius 2 is 1.35 bits per heavy atom. The molecular formula is C16H31N. The Hall–Kier alpha value is -0.0400. The summed E-state index contributed by atoms with van der Waals surface area (Å²) in [4.78, 5) is 0. The molecule has 5 unspecified atom stereocenters. The summed E-state index contributed by atoms with van der Waals surface area (Å²) < 4.78 is 0. The second-order valence-corrected chi connectivity index (χ2v) is 7.04. The molecule has 100 valence electrons.